The fourth-order valence-corrected chi connectivity index (χ4v) is 2.95. The molecular weight excluding hydrogens is 397 g/mol. The van der Waals surface area contributed by atoms with E-state index in [0.717, 1.165) is 24.8 Å². The van der Waals surface area contributed by atoms with Crippen LogP contribution in [0.1, 0.15) is 52.0 Å². The number of phosphoric acid groups is 1. The number of carbonyl (C=O) groups is 1. The van der Waals surface area contributed by atoms with Gasteiger partial charge < -0.3 is 24.6 Å². The third kappa shape index (κ3) is 11.7. The largest absolute Gasteiger partial charge is 0.493 e. The molecule has 0 fully saturated rings. The summed E-state index contributed by atoms with van der Waals surface area (Å²) in [6.45, 7) is 5.98. The van der Waals surface area contributed by atoms with E-state index in [1.54, 1.807) is 18.2 Å². The molecule has 29 heavy (non-hydrogen) atoms. The quantitative estimate of drug-likeness (QED) is 0.188. The van der Waals surface area contributed by atoms with Gasteiger partial charge in [0.05, 0.1) is 7.11 Å². The van der Waals surface area contributed by atoms with Crippen LogP contribution in [0.4, 0.5) is 0 Å². The van der Waals surface area contributed by atoms with Gasteiger partial charge in [-0.1, -0.05) is 32.1 Å². The fourth-order valence-electron chi connectivity index (χ4n) is 2.52. The van der Waals surface area contributed by atoms with Crippen molar-refractivity contribution in [3.05, 3.63) is 35.9 Å². The monoisotopic (exact) mass is 429 g/mol. The molecule has 1 unspecified atom stereocenters. The summed E-state index contributed by atoms with van der Waals surface area (Å²) in [6, 6.07) is 5.02. The van der Waals surface area contributed by atoms with Gasteiger partial charge in [0, 0.05) is 13.0 Å². The lowest BCUT2D eigenvalue weighted by molar-refractivity contribution is -0.121. The summed E-state index contributed by atoms with van der Waals surface area (Å²) < 4.78 is 25.9. The summed E-state index contributed by atoms with van der Waals surface area (Å²) >= 11 is 0. The molecule has 0 aliphatic rings. The first-order chi connectivity index (χ1) is 13.6. The Kier molecular flexibility index (Phi) is 11.0. The summed E-state index contributed by atoms with van der Waals surface area (Å²) in [5, 5.41) is 2.87. The number of nitrogens with one attached hydrogen (secondary N) is 1. The fraction of sp³-hybridized carbons (Fsp3) is 0.550. The van der Waals surface area contributed by atoms with Crippen LogP contribution in [0.2, 0.25) is 0 Å². The lowest BCUT2D eigenvalue weighted by atomic mass is 10.1. The smallest absolute Gasteiger partial charge is 0.472 e. The van der Waals surface area contributed by atoms with E-state index in [1.165, 1.54) is 14.0 Å². The zero-order valence-electron chi connectivity index (χ0n) is 17.5. The van der Waals surface area contributed by atoms with Crippen molar-refractivity contribution < 1.29 is 33.1 Å². The predicted octanol–water partition coefficient (Wildman–Crippen LogP) is 3.92. The molecule has 0 aliphatic heterocycles. The predicted molar refractivity (Wildman–Crippen MR) is 111 cm³/mol. The van der Waals surface area contributed by atoms with E-state index in [1.807, 2.05) is 0 Å². The van der Waals surface area contributed by atoms with E-state index < -0.39 is 14.1 Å². The summed E-state index contributed by atoms with van der Waals surface area (Å²) in [7, 11) is -3.20. The average molecular weight is 429 g/mol. The lowest BCUT2D eigenvalue weighted by Crippen LogP contribution is -2.22. The number of carbonyl (C=O) groups excluding carboxylic acids is 1. The molecule has 0 saturated carbocycles. The molecule has 0 saturated heterocycles. The summed E-state index contributed by atoms with van der Waals surface area (Å²) in [4.78, 5) is 29.6. The van der Waals surface area contributed by atoms with Gasteiger partial charge in [0.2, 0.25) is 12.2 Å². The number of amides is 1. The van der Waals surface area contributed by atoms with Gasteiger partial charge in [-0.3, -0.25) is 4.79 Å². The van der Waals surface area contributed by atoms with Crippen molar-refractivity contribution in [2.24, 2.45) is 5.92 Å². The number of unbranched alkanes of at least 4 members (excludes halogenated alkanes) is 2. The van der Waals surface area contributed by atoms with Crippen molar-refractivity contribution in [3.63, 3.8) is 0 Å². The Balaban J connectivity index is 2.46. The standard InChI is InChI=1S/C20H32NO7P/c1-15(2)9-7-5-6-8-10-20(22)21-14-17-11-12-18(19(13-17)26-4)27-16(3)28-29(23,24)25/h7,9,11-13,15-16H,5-6,8,10,14H2,1-4H3,(H,21,22)(H2,23,24,25)/b9-7+. The highest BCUT2D eigenvalue weighted by Crippen LogP contribution is 2.39. The van der Waals surface area contributed by atoms with Gasteiger partial charge in [-0.05, 0) is 49.8 Å². The molecule has 3 N–H and O–H groups in total. The lowest BCUT2D eigenvalue weighted by Gasteiger charge is -2.18. The Labute approximate surface area is 172 Å². The second-order valence-corrected chi connectivity index (χ2v) is 8.15. The van der Waals surface area contributed by atoms with E-state index in [0.29, 0.717) is 24.6 Å². The van der Waals surface area contributed by atoms with Gasteiger partial charge in [-0.2, -0.15) is 0 Å². The Bertz CT molecular complexity index is 715. The number of allylic oxidation sites excluding steroid dienone is 2. The van der Waals surface area contributed by atoms with Crippen LogP contribution in [0.25, 0.3) is 0 Å². The van der Waals surface area contributed by atoms with Gasteiger partial charge in [-0.25, -0.2) is 9.09 Å². The zero-order chi connectivity index (χ0) is 21.9. The maximum atomic E-state index is 12.0. The van der Waals surface area contributed by atoms with Crippen LogP contribution in [0.5, 0.6) is 11.5 Å². The highest BCUT2D eigenvalue weighted by atomic mass is 31.2. The van der Waals surface area contributed by atoms with Crippen molar-refractivity contribution in [2.45, 2.75) is 59.3 Å². The van der Waals surface area contributed by atoms with E-state index in [2.05, 4.69) is 35.8 Å². The third-order valence-corrected chi connectivity index (χ3v) is 4.41. The van der Waals surface area contributed by atoms with Gasteiger partial charge >= 0.3 is 7.82 Å². The van der Waals surface area contributed by atoms with Crippen LogP contribution in [0.15, 0.2) is 30.4 Å². The van der Waals surface area contributed by atoms with Crippen LogP contribution < -0.4 is 14.8 Å². The molecule has 1 aromatic rings. The molecule has 1 atom stereocenters. The zero-order valence-corrected chi connectivity index (χ0v) is 18.4. The Hall–Kier alpha value is -1.86. The Morgan fingerprint density at radius 3 is 2.55 bits per heavy atom. The van der Waals surface area contributed by atoms with Crippen molar-refractivity contribution in [2.75, 3.05) is 7.11 Å². The normalized spacial score (nSPS) is 12.9. The number of phosphoric ester groups is 1. The van der Waals surface area contributed by atoms with Gasteiger partial charge in [0.15, 0.2) is 11.5 Å². The average Bonchev–Trinajstić information content (AvgIpc) is 2.61. The SMILES string of the molecule is COc1cc(CNC(=O)CCCC/C=C/C(C)C)ccc1OC(C)OP(=O)(O)O. The van der Waals surface area contributed by atoms with Gasteiger partial charge in [-0.15, -0.1) is 0 Å². The molecule has 0 radical (unpaired) electrons. The summed E-state index contributed by atoms with van der Waals surface area (Å²) in [6.07, 6.45) is 6.43. The van der Waals surface area contributed by atoms with Crippen LogP contribution >= 0.6 is 7.82 Å². The topological polar surface area (TPSA) is 114 Å². The minimum absolute atomic E-state index is 0.0131. The number of hydrogen-bond acceptors (Lipinski definition) is 5. The first-order valence-corrected chi connectivity index (χ1v) is 11.1. The number of rotatable bonds is 13. The van der Waals surface area contributed by atoms with E-state index >= 15 is 0 Å². The van der Waals surface area contributed by atoms with Crippen LogP contribution in [-0.2, 0) is 20.4 Å². The highest BCUT2D eigenvalue weighted by molar-refractivity contribution is 7.46. The molecule has 0 bridgehead atoms. The van der Waals surface area contributed by atoms with Crippen molar-refractivity contribution in [1.29, 1.82) is 0 Å². The summed E-state index contributed by atoms with van der Waals surface area (Å²) in [5.74, 6) is 1.18. The Morgan fingerprint density at radius 2 is 1.93 bits per heavy atom. The minimum atomic E-state index is -4.65. The molecular formula is C20H32NO7P. The number of methoxy groups -OCH3 is 1. The van der Waals surface area contributed by atoms with Crippen LogP contribution in [0.3, 0.4) is 0 Å². The minimum Gasteiger partial charge on any atom is -0.493 e. The number of ether oxygens (including phenoxy) is 2. The molecule has 1 amide bonds. The molecule has 1 rings (SSSR count). The van der Waals surface area contributed by atoms with E-state index in [-0.39, 0.29) is 11.7 Å². The molecule has 0 spiro atoms. The molecule has 0 aliphatic carbocycles. The molecule has 0 heterocycles. The second kappa shape index (κ2) is 12.6. The highest BCUT2D eigenvalue weighted by Gasteiger charge is 2.21. The molecule has 9 heteroatoms. The third-order valence-electron chi connectivity index (χ3n) is 3.84. The maximum absolute atomic E-state index is 12.0. The summed E-state index contributed by atoms with van der Waals surface area (Å²) in [5.41, 5.74) is 0.811. The number of benzene rings is 1. The van der Waals surface area contributed by atoms with Gasteiger partial charge in [0.1, 0.15) is 0 Å². The molecule has 0 aromatic heterocycles. The first kappa shape index (κ1) is 25.2. The van der Waals surface area contributed by atoms with Crippen molar-refractivity contribution in [3.8, 4) is 11.5 Å². The first-order valence-electron chi connectivity index (χ1n) is 9.61. The second-order valence-electron chi connectivity index (χ2n) is 6.96. The van der Waals surface area contributed by atoms with E-state index in [4.69, 9.17) is 19.3 Å². The van der Waals surface area contributed by atoms with Crippen LogP contribution in [-0.4, -0.2) is 29.1 Å². The van der Waals surface area contributed by atoms with Gasteiger partial charge in [0.25, 0.3) is 0 Å². The molecule has 8 nitrogen and oxygen atoms in total. The maximum Gasteiger partial charge on any atom is 0.472 e. The van der Waals surface area contributed by atoms with E-state index in [9.17, 15) is 9.36 Å². The molecule has 1 aromatic carbocycles. The number of hydrogen-bond donors (Lipinski definition) is 3. The van der Waals surface area contributed by atoms with Crippen molar-refractivity contribution in [1.82, 2.24) is 5.32 Å². The molecule has 164 valence electrons. The van der Waals surface area contributed by atoms with Crippen molar-refractivity contribution >= 4 is 13.7 Å². The Morgan fingerprint density at radius 1 is 1.21 bits per heavy atom. The van der Waals surface area contributed by atoms with Crippen LogP contribution in [0, 0.1) is 5.92 Å².